The zero-order valence-corrected chi connectivity index (χ0v) is 16.7. The number of nitrogens with one attached hydrogen (secondary N) is 2. The van der Waals surface area contributed by atoms with Gasteiger partial charge in [-0.1, -0.05) is 51.9 Å². The SMILES string of the molecule is CCC(CC)CCCC(=O)Nc1cnc(OCC(O)CNC(C)C)s1. The lowest BCUT2D eigenvalue weighted by Gasteiger charge is -2.13. The first-order valence-corrected chi connectivity index (χ1v) is 10.1. The maximum Gasteiger partial charge on any atom is 0.275 e. The first-order valence-electron chi connectivity index (χ1n) is 9.24. The number of hydrogen-bond acceptors (Lipinski definition) is 6. The zero-order chi connectivity index (χ0) is 18.7. The van der Waals surface area contributed by atoms with E-state index < -0.39 is 6.10 Å². The van der Waals surface area contributed by atoms with E-state index in [9.17, 15) is 9.90 Å². The number of nitrogens with zero attached hydrogens (tertiary/aromatic N) is 1. The molecular formula is C18H33N3O3S. The van der Waals surface area contributed by atoms with E-state index in [-0.39, 0.29) is 12.5 Å². The highest BCUT2D eigenvalue weighted by atomic mass is 32.1. The standard InChI is InChI=1S/C18H33N3O3S/c1-5-14(6-2)8-7-9-16(23)21-17-11-20-18(25-17)24-12-15(22)10-19-13(3)4/h11,13-15,19,22H,5-10,12H2,1-4H3,(H,21,23). The summed E-state index contributed by atoms with van der Waals surface area (Å²) in [6.45, 7) is 9.09. The van der Waals surface area contributed by atoms with E-state index in [1.54, 1.807) is 6.20 Å². The maximum absolute atomic E-state index is 12.0. The third kappa shape index (κ3) is 9.77. The molecule has 7 heteroatoms. The Balaban J connectivity index is 2.26. The lowest BCUT2D eigenvalue weighted by Crippen LogP contribution is -2.35. The molecule has 0 saturated heterocycles. The molecule has 1 amide bonds. The van der Waals surface area contributed by atoms with Crippen LogP contribution in [0, 0.1) is 5.92 Å². The van der Waals surface area contributed by atoms with Crippen LogP contribution in [0.5, 0.6) is 5.19 Å². The van der Waals surface area contributed by atoms with Gasteiger partial charge < -0.3 is 20.5 Å². The summed E-state index contributed by atoms with van der Waals surface area (Å²) in [6, 6.07) is 0.321. The number of rotatable bonds is 13. The van der Waals surface area contributed by atoms with Gasteiger partial charge in [-0.25, -0.2) is 4.98 Å². The number of anilines is 1. The average molecular weight is 372 g/mol. The fourth-order valence-electron chi connectivity index (χ4n) is 2.43. The van der Waals surface area contributed by atoms with E-state index in [1.807, 2.05) is 13.8 Å². The molecule has 6 nitrogen and oxygen atoms in total. The van der Waals surface area contributed by atoms with Crippen molar-refractivity contribution in [1.29, 1.82) is 0 Å². The molecule has 0 radical (unpaired) electrons. The number of amides is 1. The highest BCUT2D eigenvalue weighted by molar-refractivity contribution is 7.17. The summed E-state index contributed by atoms with van der Waals surface area (Å²) in [7, 11) is 0. The number of carbonyl (C=O) groups excluding carboxylic acids is 1. The summed E-state index contributed by atoms with van der Waals surface area (Å²) in [6.07, 6.45) is 5.89. The number of thiazole rings is 1. The van der Waals surface area contributed by atoms with Crippen LogP contribution < -0.4 is 15.4 Å². The van der Waals surface area contributed by atoms with Gasteiger partial charge in [0.15, 0.2) is 0 Å². The van der Waals surface area contributed by atoms with Crippen LogP contribution in [0.15, 0.2) is 6.20 Å². The Labute approximate surface area is 155 Å². The number of aliphatic hydroxyl groups is 1. The monoisotopic (exact) mass is 371 g/mol. The van der Waals surface area contributed by atoms with Crippen LogP contribution in [0.1, 0.15) is 59.8 Å². The Morgan fingerprint density at radius 2 is 2.08 bits per heavy atom. The molecule has 1 aromatic heterocycles. The minimum absolute atomic E-state index is 0.0160. The van der Waals surface area contributed by atoms with E-state index in [4.69, 9.17) is 4.74 Å². The molecule has 0 bridgehead atoms. The second-order valence-corrected chi connectivity index (χ2v) is 7.63. The molecular weight excluding hydrogens is 338 g/mol. The highest BCUT2D eigenvalue weighted by Gasteiger charge is 2.11. The first kappa shape index (κ1) is 21.9. The van der Waals surface area contributed by atoms with Crippen molar-refractivity contribution < 1.29 is 14.6 Å². The van der Waals surface area contributed by atoms with E-state index in [0.717, 1.165) is 12.8 Å². The lowest BCUT2D eigenvalue weighted by atomic mass is 9.97. The normalized spacial score (nSPS) is 12.6. The van der Waals surface area contributed by atoms with Gasteiger partial charge in [-0.3, -0.25) is 4.79 Å². The Kier molecular flexibility index (Phi) is 10.7. The summed E-state index contributed by atoms with van der Waals surface area (Å²) >= 11 is 1.28. The molecule has 3 N–H and O–H groups in total. The molecule has 1 atom stereocenters. The molecule has 1 rings (SSSR count). The Hall–Kier alpha value is -1.18. The van der Waals surface area contributed by atoms with Gasteiger partial charge in [-0.15, -0.1) is 0 Å². The summed E-state index contributed by atoms with van der Waals surface area (Å²) in [5.74, 6) is 0.732. The molecule has 144 valence electrons. The van der Waals surface area contributed by atoms with Crippen LogP contribution in [0.4, 0.5) is 5.00 Å². The zero-order valence-electron chi connectivity index (χ0n) is 15.9. The van der Waals surface area contributed by atoms with Crippen LogP contribution in [0.2, 0.25) is 0 Å². The van der Waals surface area contributed by atoms with Gasteiger partial charge >= 0.3 is 0 Å². The highest BCUT2D eigenvalue weighted by Crippen LogP contribution is 2.25. The van der Waals surface area contributed by atoms with E-state index in [1.165, 1.54) is 24.2 Å². The maximum atomic E-state index is 12.0. The summed E-state index contributed by atoms with van der Waals surface area (Å²) in [5, 5.41) is 17.0. The van der Waals surface area contributed by atoms with Crippen molar-refractivity contribution in [2.24, 2.45) is 5.92 Å². The van der Waals surface area contributed by atoms with Gasteiger partial charge in [0.25, 0.3) is 5.19 Å². The van der Waals surface area contributed by atoms with Gasteiger partial charge in [0, 0.05) is 19.0 Å². The largest absolute Gasteiger partial charge is 0.467 e. The molecule has 0 aliphatic carbocycles. The molecule has 0 aromatic carbocycles. The van der Waals surface area contributed by atoms with E-state index in [0.29, 0.717) is 35.1 Å². The lowest BCUT2D eigenvalue weighted by molar-refractivity contribution is -0.116. The third-order valence-corrected chi connectivity index (χ3v) is 4.90. The molecule has 1 unspecified atom stereocenters. The fourth-order valence-corrected chi connectivity index (χ4v) is 3.12. The fraction of sp³-hybridized carbons (Fsp3) is 0.778. The van der Waals surface area contributed by atoms with Crippen molar-refractivity contribution in [2.75, 3.05) is 18.5 Å². The van der Waals surface area contributed by atoms with Crippen LogP contribution in [0.3, 0.4) is 0 Å². The summed E-state index contributed by atoms with van der Waals surface area (Å²) in [4.78, 5) is 16.1. The topological polar surface area (TPSA) is 83.5 Å². The van der Waals surface area contributed by atoms with Crippen molar-refractivity contribution in [3.05, 3.63) is 6.20 Å². The number of carbonyl (C=O) groups is 1. The van der Waals surface area contributed by atoms with Gasteiger partial charge in [-0.2, -0.15) is 0 Å². The number of aromatic nitrogens is 1. The van der Waals surface area contributed by atoms with Gasteiger partial charge in [0.2, 0.25) is 5.91 Å². The second-order valence-electron chi connectivity index (χ2n) is 6.64. The first-order chi connectivity index (χ1) is 11.9. The van der Waals surface area contributed by atoms with Gasteiger partial charge in [0.1, 0.15) is 17.7 Å². The van der Waals surface area contributed by atoms with E-state index >= 15 is 0 Å². The second kappa shape index (κ2) is 12.2. The van der Waals surface area contributed by atoms with E-state index in [2.05, 4.69) is 29.5 Å². The van der Waals surface area contributed by atoms with Crippen molar-refractivity contribution >= 4 is 22.2 Å². The summed E-state index contributed by atoms with van der Waals surface area (Å²) < 4.78 is 5.47. The number of ether oxygens (including phenoxy) is 1. The molecule has 0 fully saturated rings. The molecule has 25 heavy (non-hydrogen) atoms. The van der Waals surface area contributed by atoms with Crippen molar-refractivity contribution in [1.82, 2.24) is 10.3 Å². The number of hydrogen-bond donors (Lipinski definition) is 3. The Morgan fingerprint density at radius 3 is 2.72 bits per heavy atom. The van der Waals surface area contributed by atoms with Gasteiger partial charge in [-0.05, 0) is 18.8 Å². The smallest absolute Gasteiger partial charge is 0.275 e. The molecule has 0 aliphatic heterocycles. The summed E-state index contributed by atoms with van der Waals surface area (Å²) in [5.41, 5.74) is 0. The van der Waals surface area contributed by atoms with Gasteiger partial charge in [0.05, 0.1) is 6.20 Å². The molecule has 1 heterocycles. The van der Waals surface area contributed by atoms with Crippen LogP contribution >= 0.6 is 11.3 Å². The van der Waals surface area contributed by atoms with Crippen molar-refractivity contribution in [2.45, 2.75) is 71.9 Å². The van der Waals surface area contributed by atoms with Crippen LogP contribution in [-0.2, 0) is 4.79 Å². The number of aliphatic hydroxyl groups excluding tert-OH is 1. The Bertz CT molecular complexity index is 490. The molecule has 0 spiro atoms. The molecule has 0 aliphatic rings. The Morgan fingerprint density at radius 1 is 1.36 bits per heavy atom. The van der Waals surface area contributed by atoms with Crippen LogP contribution in [0.25, 0.3) is 0 Å². The van der Waals surface area contributed by atoms with Crippen LogP contribution in [-0.4, -0.2) is 41.3 Å². The van der Waals surface area contributed by atoms with Crippen molar-refractivity contribution in [3.8, 4) is 5.19 Å². The third-order valence-electron chi connectivity index (χ3n) is 4.08. The predicted octanol–water partition coefficient (Wildman–Crippen LogP) is 3.43. The average Bonchev–Trinajstić information content (AvgIpc) is 3.02. The van der Waals surface area contributed by atoms with Crippen molar-refractivity contribution in [3.63, 3.8) is 0 Å². The molecule has 1 aromatic rings. The predicted molar refractivity (Wildman–Crippen MR) is 103 cm³/mol. The minimum Gasteiger partial charge on any atom is -0.467 e. The minimum atomic E-state index is -0.589. The quantitative estimate of drug-likeness (QED) is 0.495. The molecule has 0 saturated carbocycles.